The molecule has 0 radical (unpaired) electrons. The van der Waals surface area contributed by atoms with Gasteiger partial charge >= 0.3 is 0 Å². The summed E-state index contributed by atoms with van der Waals surface area (Å²) in [6.45, 7) is 0.816. The zero-order valence-electron chi connectivity index (χ0n) is 31.0. The molecule has 0 fully saturated rings. The molecule has 0 saturated carbocycles. The van der Waals surface area contributed by atoms with Gasteiger partial charge in [-0.15, -0.1) is 0 Å². The molecular weight excluding hydrogens is 677 g/mol. The van der Waals surface area contributed by atoms with E-state index in [4.69, 9.17) is 14.7 Å². The number of carbonyl (C=O) groups is 2. The molecule has 6 aromatic rings. The van der Waals surface area contributed by atoms with E-state index in [1.54, 1.807) is 43.4 Å². The SMILES string of the molecule is CN(C)Cc1cccc(-c2ccnc3c2c(C=C2C(C(=O)N(C)C)=CC=CC2c2ccnc4c2c(C=C2Oc5cccc(O)c5C2=O)cn4C)cn3C)c1. The van der Waals surface area contributed by atoms with Crippen LogP contribution in [-0.2, 0) is 25.4 Å². The van der Waals surface area contributed by atoms with Gasteiger partial charge in [0.05, 0.1) is 0 Å². The Morgan fingerprint density at radius 2 is 1.61 bits per heavy atom. The third kappa shape index (κ3) is 5.90. The Labute approximate surface area is 313 Å². The number of aromatic hydroxyl groups is 1. The molecule has 0 saturated heterocycles. The van der Waals surface area contributed by atoms with Crippen molar-refractivity contribution >= 4 is 45.9 Å². The van der Waals surface area contributed by atoms with Crippen LogP contribution < -0.4 is 4.74 Å². The molecule has 4 aromatic heterocycles. The number of ether oxygens (including phenoxy) is 1. The number of benzene rings is 2. The van der Waals surface area contributed by atoms with Gasteiger partial charge in [0.1, 0.15) is 28.4 Å². The number of aryl methyl sites for hydroxylation is 2. The Hall–Kier alpha value is -6.52. The predicted octanol–water partition coefficient (Wildman–Crippen LogP) is 7.26. The van der Waals surface area contributed by atoms with Crippen molar-refractivity contribution in [3.05, 3.63) is 142 Å². The summed E-state index contributed by atoms with van der Waals surface area (Å²) in [4.78, 5) is 40.7. The summed E-state index contributed by atoms with van der Waals surface area (Å²) >= 11 is 0. The number of pyridine rings is 2. The van der Waals surface area contributed by atoms with E-state index in [-0.39, 0.29) is 28.9 Å². The summed E-state index contributed by atoms with van der Waals surface area (Å²) in [5, 5.41) is 12.2. The van der Waals surface area contributed by atoms with E-state index < -0.39 is 5.78 Å². The maximum Gasteiger partial charge on any atom is 0.253 e. The first-order valence-corrected chi connectivity index (χ1v) is 17.7. The first-order valence-electron chi connectivity index (χ1n) is 17.7. The van der Waals surface area contributed by atoms with E-state index in [0.29, 0.717) is 17.0 Å². The molecular formula is C44H40N6O4. The summed E-state index contributed by atoms with van der Waals surface area (Å²) in [5.74, 6) is -0.569. The first kappa shape index (κ1) is 34.6. The van der Waals surface area contributed by atoms with Gasteiger partial charge in [0, 0.05) is 92.9 Å². The highest BCUT2D eigenvalue weighted by molar-refractivity contribution is 6.16. The van der Waals surface area contributed by atoms with Crippen molar-refractivity contribution in [2.45, 2.75) is 12.5 Å². The van der Waals surface area contributed by atoms with Gasteiger partial charge in [0.15, 0.2) is 5.76 Å². The number of ketones is 1. The second-order valence-electron chi connectivity index (χ2n) is 14.3. The lowest BCUT2D eigenvalue weighted by Crippen LogP contribution is -2.26. The minimum absolute atomic E-state index is 0.109. The molecule has 54 heavy (non-hydrogen) atoms. The van der Waals surface area contributed by atoms with Gasteiger partial charge in [-0.2, -0.15) is 0 Å². The maximum absolute atomic E-state index is 14.0. The Morgan fingerprint density at radius 3 is 2.33 bits per heavy atom. The number of fused-ring (bicyclic) bond motifs is 3. The van der Waals surface area contributed by atoms with Crippen molar-refractivity contribution in [3.8, 4) is 22.6 Å². The molecule has 0 bridgehead atoms. The molecule has 1 aliphatic heterocycles. The average Bonchev–Trinajstić information content (AvgIpc) is 3.77. The summed E-state index contributed by atoms with van der Waals surface area (Å²) < 4.78 is 9.91. The quantitative estimate of drug-likeness (QED) is 0.174. The zero-order chi connectivity index (χ0) is 37.8. The van der Waals surface area contributed by atoms with Crippen LogP contribution in [0.25, 0.3) is 45.3 Å². The molecule has 0 spiro atoms. The highest BCUT2D eigenvalue weighted by atomic mass is 16.5. The van der Waals surface area contributed by atoms with Crippen LogP contribution >= 0.6 is 0 Å². The van der Waals surface area contributed by atoms with Crippen LogP contribution in [0, 0.1) is 0 Å². The lowest BCUT2D eigenvalue weighted by atomic mass is 9.80. The van der Waals surface area contributed by atoms with Crippen molar-refractivity contribution in [2.75, 3.05) is 28.2 Å². The number of carbonyl (C=O) groups excluding carboxylic acids is 2. The third-order valence-corrected chi connectivity index (χ3v) is 10.00. The Morgan fingerprint density at radius 1 is 0.907 bits per heavy atom. The highest BCUT2D eigenvalue weighted by Gasteiger charge is 2.32. The van der Waals surface area contributed by atoms with E-state index in [9.17, 15) is 14.7 Å². The van der Waals surface area contributed by atoms with Crippen molar-refractivity contribution in [1.82, 2.24) is 28.9 Å². The molecule has 2 aliphatic rings. The van der Waals surface area contributed by atoms with Crippen LogP contribution in [-0.4, -0.2) is 73.9 Å². The Kier molecular flexibility index (Phi) is 8.62. The minimum atomic E-state index is -0.391. The van der Waals surface area contributed by atoms with Crippen LogP contribution in [0.15, 0.2) is 115 Å². The second kappa shape index (κ2) is 13.5. The fourth-order valence-electron chi connectivity index (χ4n) is 7.65. The summed E-state index contributed by atoms with van der Waals surface area (Å²) in [6, 6.07) is 17.4. The molecule has 10 heteroatoms. The fraction of sp³-hybridized carbons (Fsp3) is 0.182. The molecule has 1 amide bonds. The van der Waals surface area contributed by atoms with Crippen LogP contribution in [0.2, 0.25) is 0 Å². The molecule has 1 atom stereocenters. The number of Topliss-reactive ketones (excluding diaryl/α,β-unsaturated/α-hetero) is 1. The van der Waals surface area contributed by atoms with E-state index in [1.807, 2.05) is 53.8 Å². The number of hydrogen-bond acceptors (Lipinski definition) is 7. The number of amides is 1. The number of phenolic OH excluding ortho intramolecular Hbond substituents is 1. The van der Waals surface area contributed by atoms with Gasteiger partial charge in [-0.3, -0.25) is 9.59 Å². The number of likely N-dealkylation sites (N-methyl/N-ethyl adjacent to an activating group) is 1. The number of phenols is 1. The lowest BCUT2D eigenvalue weighted by Gasteiger charge is -2.25. The minimum Gasteiger partial charge on any atom is -0.507 e. The standard InChI is InChI=1S/C44H40N6O4/c1-47(2)23-26-10-7-11-27(20-26)30-16-18-45-42-38(30)28(24-49(42)5)21-34-31(12-8-13-33(34)44(53)48(3)4)32-17-19-46-43-39(32)29(25-50(43)6)22-37-41(52)40-35(51)14-9-15-36(40)54-37/h7-22,24-25,31,51H,23H2,1-6H3. The summed E-state index contributed by atoms with van der Waals surface area (Å²) in [7, 11) is 11.5. The number of nitrogens with zero attached hydrogens (tertiary/aromatic N) is 6. The molecule has 1 N–H and O–H groups in total. The Bertz CT molecular complexity index is 2650. The molecule has 1 unspecified atom stereocenters. The van der Waals surface area contributed by atoms with E-state index in [2.05, 4.69) is 67.7 Å². The van der Waals surface area contributed by atoms with Crippen LogP contribution in [0.4, 0.5) is 0 Å². The smallest absolute Gasteiger partial charge is 0.253 e. The topological polar surface area (TPSA) is 106 Å². The summed E-state index contributed by atoms with van der Waals surface area (Å²) in [5.41, 5.74) is 9.00. The maximum atomic E-state index is 14.0. The van der Waals surface area contributed by atoms with Crippen molar-refractivity contribution < 1.29 is 19.4 Å². The Balaban J connectivity index is 1.32. The largest absolute Gasteiger partial charge is 0.507 e. The van der Waals surface area contributed by atoms with Crippen molar-refractivity contribution in [1.29, 1.82) is 0 Å². The molecule has 8 rings (SSSR count). The predicted molar refractivity (Wildman–Crippen MR) is 212 cm³/mol. The monoisotopic (exact) mass is 716 g/mol. The number of allylic oxidation sites excluding steroid dienone is 4. The van der Waals surface area contributed by atoms with Crippen molar-refractivity contribution in [3.63, 3.8) is 0 Å². The number of hydrogen-bond donors (Lipinski definition) is 1. The van der Waals surface area contributed by atoms with E-state index >= 15 is 0 Å². The van der Waals surface area contributed by atoms with Crippen molar-refractivity contribution in [2.24, 2.45) is 14.1 Å². The van der Waals surface area contributed by atoms with Gasteiger partial charge < -0.3 is 28.8 Å². The van der Waals surface area contributed by atoms with E-state index in [1.165, 1.54) is 11.6 Å². The van der Waals surface area contributed by atoms with Gasteiger partial charge in [-0.05, 0) is 90.5 Å². The third-order valence-electron chi connectivity index (χ3n) is 10.00. The highest BCUT2D eigenvalue weighted by Crippen LogP contribution is 2.43. The van der Waals surface area contributed by atoms with Gasteiger partial charge in [-0.1, -0.05) is 36.4 Å². The van der Waals surface area contributed by atoms with Crippen LogP contribution in [0.1, 0.15) is 38.5 Å². The first-order chi connectivity index (χ1) is 26.0. The van der Waals surface area contributed by atoms with Crippen LogP contribution in [0.3, 0.4) is 0 Å². The molecule has 1 aliphatic carbocycles. The second-order valence-corrected chi connectivity index (χ2v) is 14.3. The van der Waals surface area contributed by atoms with Crippen LogP contribution in [0.5, 0.6) is 11.5 Å². The molecule has 270 valence electrons. The normalized spacial score (nSPS) is 16.8. The molecule has 2 aromatic carbocycles. The average molecular weight is 717 g/mol. The molecule has 10 nitrogen and oxygen atoms in total. The van der Waals surface area contributed by atoms with Gasteiger partial charge in [0.25, 0.3) is 5.91 Å². The number of rotatable bonds is 7. The lowest BCUT2D eigenvalue weighted by molar-refractivity contribution is -0.124. The summed E-state index contributed by atoms with van der Waals surface area (Å²) in [6.07, 6.45) is 17.3. The molecule has 5 heterocycles. The fourth-order valence-corrected chi connectivity index (χ4v) is 7.65. The van der Waals surface area contributed by atoms with Gasteiger partial charge in [-0.25, -0.2) is 9.97 Å². The zero-order valence-corrected chi connectivity index (χ0v) is 31.0. The van der Waals surface area contributed by atoms with E-state index in [0.717, 1.165) is 56.4 Å². The number of aromatic nitrogens is 4. The van der Waals surface area contributed by atoms with Gasteiger partial charge in [0.2, 0.25) is 5.78 Å².